The second-order valence-electron chi connectivity index (χ2n) is 5.52. The molecular weight excluding hydrogens is 250 g/mol. The van der Waals surface area contributed by atoms with Crippen molar-refractivity contribution in [3.8, 4) is 0 Å². The van der Waals surface area contributed by atoms with Crippen LogP contribution in [0.3, 0.4) is 0 Å². The van der Waals surface area contributed by atoms with Gasteiger partial charge in [-0.2, -0.15) is 0 Å². The molecule has 0 atom stereocenters. The number of anilines is 1. The fraction of sp³-hybridized carbons (Fsp3) is 0.375. The second kappa shape index (κ2) is 5.90. The summed E-state index contributed by atoms with van der Waals surface area (Å²) < 4.78 is 0. The maximum Gasteiger partial charge on any atom is 0.272 e. The Balaban J connectivity index is 2.26. The molecule has 0 saturated carbocycles. The molecule has 2 aromatic rings. The summed E-state index contributed by atoms with van der Waals surface area (Å²) in [6.07, 6.45) is 0.977. The van der Waals surface area contributed by atoms with Crippen molar-refractivity contribution in [2.24, 2.45) is 5.92 Å². The van der Waals surface area contributed by atoms with Gasteiger partial charge in [0.25, 0.3) is 5.91 Å². The van der Waals surface area contributed by atoms with Crippen molar-refractivity contribution in [1.82, 2.24) is 9.88 Å². The van der Waals surface area contributed by atoms with Crippen molar-refractivity contribution < 1.29 is 4.79 Å². The Bertz CT molecular complexity index is 622. The van der Waals surface area contributed by atoms with Crippen LogP contribution in [0.15, 0.2) is 30.3 Å². The van der Waals surface area contributed by atoms with Crippen molar-refractivity contribution in [2.45, 2.75) is 20.3 Å². The number of nitrogens with two attached hydrogens (primary N) is 1. The van der Waals surface area contributed by atoms with E-state index in [4.69, 9.17) is 5.73 Å². The predicted molar refractivity (Wildman–Crippen MR) is 82.6 cm³/mol. The van der Waals surface area contributed by atoms with Crippen LogP contribution in [0, 0.1) is 5.92 Å². The van der Waals surface area contributed by atoms with Crippen LogP contribution in [0.25, 0.3) is 10.8 Å². The molecule has 4 nitrogen and oxygen atoms in total. The first-order valence-corrected chi connectivity index (χ1v) is 6.89. The van der Waals surface area contributed by atoms with Crippen LogP contribution < -0.4 is 5.73 Å². The molecule has 1 aromatic carbocycles. The second-order valence-corrected chi connectivity index (χ2v) is 5.52. The molecule has 106 valence electrons. The molecule has 0 aliphatic rings. The van der Waals surface area contributed by atoms with Crippen LogP contribution in [0.5, 0.6) is 0 Å². The average molecular weight is 271 g/mol. The first-order chi connectivity index (χ1) is 9.49. The molecule has 1 aromatic heterocycles. The largest absolute Gasteiger partial charge is 0.383 e. The van der Waals surface area contributed by atoms with Crippen molar-refractivity contribution >= 4 is 22.5 Å². The number of nitrogens with zero attached hydrogens (tertiary/aromatic N) is 2. The molecule has 20 heavy (non-hydrogen) atoms. The maximum atomic E-state index is 12.4. The van der Waals surface area contributed by atoms with Crippen molar-refractivity contribution in [3.63, 3.8) is 0 Å². The van der Waals surface area contributed by atoms with Gasteiger partial charge in [0.15, 0.2) is 0 Å². The Morgan fingerprint density at radius 1 is 1.35 bits per heavy atom. The molecule has 2 rings (SSSR count). The van der Waals surface area contributed by atoms with Gasteiger partial charge in [-0.25, -0.2) is 4.98 Å². The number of benzene rings is 1. The van der Waals surface area contributed by atoms with Crippen LogP contribution in [-0.2, 0) is 0 Å². The van der Waals surface area contributed by atoms with Crippen LogP contribution in [-0.4, -0.2) is 29.4 Å². The predicted octanol–water partition coefficient (Wildman–Crippen LogP) is 2.94. The number of pyridine rings is 1. The third kappa shape index (κ3) is 3.07. The number of fused-ring (bicyclic) bond motifs is 1. The summed E-state index contributed by atoms with van der Waals surface area (Å²) in [6, 6.07) is 9.50. The minimum atomic E-state index is -0.0805. The molecule has 0 radical (unpaired) electrons. The quantitative estimate of drug-likeness (QED) is 0.930. The van der Waals surface area contributed by atoms with Gasteiger partial charge in [-0.05, 0) is 23.8 Å². The van der Waals surface area contributed by atoms with E-state index in [0.29, 0.717) is 17.4 Å². The number of rotatable bonds is 4. The molecule has 2 N–H and O–H groups in total. The molecule has 0 bridgehead atoms. The number of hydrogen-bond donors (Lipinski definition) is 1. The van der Waals surface area contributed by atoms with E-state index in [2.05, 4.69) is 18.8 Å². The van der Waals surface area contributed by atoms with E-state index in [-0.39, 0.29) is 5.91 Å². The van der Waals surface area contributed by atoms with Gasteiger partial charge in [-0.3, -0.25) is 4.79 Å². The highest BCUT2D eigenvalue weighted by atomic mass is 16.2. The average Bonchev–Trinajstić information content (AvgIpc) is 2.43. The van der Waals surface area contributed by atoms with Gasteiger partial charge in [0.2, 0.25) is 0 Å². The summed E-state index contributed by atoms with van der Waals surface area (Å²) in [7, 11) is 1.80. The summed E-state index contributed by atoms with van der Waals surface area (Å²) >= 11 is 0. The molecule has 0 fully saturated rings. The summed E-state index contributed by atoms with van der Waals surface area (Å²) in [5.41, 5.74) is 6.34. The van der Waals surface area contributed by atoms with Gasteiger partial charge in [0.1, 0.15) is 11.5 Å². The minimum Gasteiger partial charge on any atom is -0.383 e. The Hall–Kier alpha value is -2.10. The lowest BCUT2D eigenvalue weighted by Crippen LogP contribution is -2.29. The van der Waals surface area contributed by atoms with E-state index < -0.39 is 0 Å². The summed E-state index contributed by atoms with van der Waals surface area (Å²) in [5.74, 6) is 0.895. The monoisotopic (exact) mass is 271 g/mol. The highest BCUT2D eigenvalue weighted by Gasteiger charge is 2.15. The van der Waals surface area contributed by atoms with E-state index in [1.165, 1.54) is 0 Å². The summed E-state index contributed by atoms with van der Waals surface area (Å²) in [4.78, 5) is 18.3. The lowest BCUT2D eigenvalue weighted by atomic mass is 10.1. The lowest BCUT2D eigenvalue weighted by Gasteiger charge is -2.18. The third-order valence-corrected chi connectivity index (χ3v) is 3.38. The van der Waals surface area contributed by atoms with Crippen molar-refractivity contribution in [1.29, 1.82) is 0 Å². The Kier molecular flexibility index (Phi) is 4.23. The molecule has 1 amide bonds. The molecule has 1 heterocycles. The van der Waals surface area contributed by atoms with E-state index in [1.807, 2.05) is 24.3 Å². The summed E-state index contributed by atoms with van der Waals surface area (Å²) in [6.45, 7) is 5.01. The van der Waals surface area contributed by atoms with Crippen LogP contribution in [0.4, 0.5) is 5.82 Å². The minimum absolute atomic E-state index is 0.0805. The van der Waals surface area contributed by atoms with E-state index in [1.54, 1.807) is 18.0 Å². The van der Waals surface area contributed by atoms with Gasteiger partial charge >= 0.3 is 0 Å². The topological polar surface area (TPSA) is 59.2 Å². The standard InChI is InChI=1S/C16H21N3O/c1-11(2)8-9-19(3)16(20)14-10-12-6-4-5-7-13(12)15(17)18-14/h4-7,10-11H,8-9H2,1-3H3,(H2,17,18). The van der Waals surface area contributed by atoms with Gasteiger partial charge in [0.05, 0.1) is 0 Å². The summed E-state index contributed by atoms with van der Waals surface area (Å²) in [5, 5.41) is 1.83. The first kappa shape index (κ1) is 14.3. The molecule has 0 spiro atoms. The Morgan fingerprint density at radius 3 is 2.75 bits per heavy atom. The molecule has 0 aliphatic heterocycles. The van der Waals surface area contributed by atoms with Gasteiger partial charge in [0, 0.05) is 19.0 Å². The molecule has 0 saturated heterocycles. The molecule has 4 heteroatoms. The Labute approximate surface area is 119 Å². The number of hydrogen-bond acceptors (Lipinski definition) is 3. The number of carbonyl (C=O) groups is 1. The zero-order chi connectivity index (χ0) is 14.7. The SMILES string of the molecule is CC(C)CCN(C)C(=O)c1cc2ccccc2c(N)n1. The van der Waals surface area contributed by atoms with E-state index in [9.17, 15) is 4.79 Å². The highest BCUT2D eigenvalue weighted by Crippen LogP contribution is 2.20. The molecule has 0 unspecified atom stereocenters. The molecule has 0 aliphatic carbocycles. The normalized spacial score (nSPS) is 11.0. The third-order valence-electron chi connectivity index (χ3n) is 3.38. The van der Waals surface area contributed by atoms with Gasteiger partial charge < -0.3 is 10.6 Å². The Morgan fingerprint density at radius 2 is 2.05 bits per heavy atom. The van der Waals surface area contributed by atoms with E-state index >= 15 is 0 Å². The number of carbonyl (C=O) groups excluding carboxylic acids is 1. The highest BCUT2D eigenvalue weighted by molar-refractivity contribution is 5.99. The van der Waals surface area contributed by atoms with Gasteiger partial charge in [-0.15, -0.1) is 0 Å². The van der Waals surface area contributed by atoms with Gasteiger partial charge in [-0.1, -0.05) is 38.1 Å². The number of amides is 1. The van der Waals surface area contributed by atoms with Crippen molar-refractivity contribution in [3.05, 3.63) is 36.0 Å². The van der Waals surface area contributed by atoms with E-state index in [0.717, 1.165) is 23.7 Å². The zero-order valence-electron chi connectivity index (χ0n) is 12.3. The van der Waals surface area contributed by atoms with Crippen LogP contribution in [0.1, 0.15) is 30.8 Å². The first-order valence-electron chi connectivity index (χ1n) is 6.89. The molecular formula is C16H21N3O. The fourth-order valence-corrected chi connectivity index (χ4v) is 2.08. The van der Waals surface area contributed by atoms with Crippen LogP contribution in [0.2, 0.25) is 0 Å². The lowest BCUT2D eigenvalue weighted by molar-refractivity contribution is 0.0784. The van der Waals surface area contributed by atoms with Crippen LogP contribution >= 0.6 is 0 Å². The smallest absolute Gasteiger partial charge is 0.272 e. The maximum absolute atomic E-state index is 12.4. The number of aromatic nitrogens is 1. The van der Waals surface area contributed by atoms with Crippen molar-refractivity contribution in [2.75, 3.05) is 19.3 Å². The fourth-order valence-electron chi connectivity index (χ4n) is 2.08. The number of nitrogen functional groups attached to an aromatic ring is 1. The zero-order valence-corrected chi connectivity index (χ0v) is 12.3.